The van der Waals surface area contributed by atoms with Crippen LogP contribution in [-0.2, 0) is 4.74 Å². The normalized spacial score (nSPS) is 22.0. The lowest BCUT2D eigenvalue weighted by atomic mass is 9.89. The number of pyridine rings is 1. The summed E-state index contributed by atoms with van der Waals surface area (Å²) in [5.41, 5.74) is 2.99. The Morgan fingerprint density at radius 3 is 2.61 bits per heavy atom. The Labute approximate surface area is 205 Å². The quantitative estimate of drug-likeness (QED) is 0.561. The van der Waals surface area contributed by atoms with Crippen LogP contribution in [-0.4, -0.2) is 74.6 Å². The van der Waals surface area contributed by atoms with Crippen molar-refractivity contribution in [3.8, 4) is 0 Å². The predicted molar refractivity (Wildman–Crippen MR) is 125 cm³/mol. The van der Waals surface area contributed by atoms with E-state index < -0.39 is 12.2 Å². The molecule has 12 heteroatoms. The van der Waals surface area contributed by atoms with Crippen molar-refractivity contribution < 1.29 is 22.7 Å². The smallest absolute Gasteiger partial charge is 0.381 e. The van der Waals surface area contributed by atoms with Gasteiger partial charge in [0.25, 0.3) is 5.91 Å². The zero-order chi connectivity index (χ0) is 24.9. The lowest BCUT2D eigenvalue weighted by molar-refractivity contribution is -0.171. The number of carbonyl (C=O) groups is 1. The first-order chi connectivity index (χ1) is 17.4. The van der Waals surface area contributed by atoms with E-state index in [1.54, 1.807) is 11.1 Å². The molecule has 0 radical (unpaired) electrons. The van der Waals surface area contributed by atoms with Gasteiger partial charge in [0.15, 0.2) is 11.7 Å². The number of rotatable bonds is 3. The summed E-state index contributed by atoms with van der Waals surface area (Å²) >= 11 is 0. The first-order valence-electron chi connectivity index (χ1n) is 12.5. The zero-order valence-corrected chi connectivity index (χ0v) is 19.7. The Morgan fingerprint density at radius 2 is 1.86 bits per heavy atom. The Balaban J connectivity index is 1.17. The number of nitrogens with zero attached hydrogens (tertiary/aromatic N) is 5. The molecule has 0 spiro atoms. The molecular formula is C24H28F3N7O2. The molecule has 2 fully saturated rings. The molecule has 6 heterocycles. The molecule has 2 saturated heterocycles. The van der Waals surface area contributed by atoms with Crippen molar-refractivity contribution in [2.24, 2.45) is 0 Å². The highest BCUT2D eigenvalue weighted by molar-refractivity contribution is 5.99. The Morgan fingerprint density at radius 1 is 1.08 bits per heavy atom. The van der Waals surface area contributed by atoms with E-state index in [9.17, 15) is 18.0 Å². The summed E-state index contributed by atoms with van der Waals surface area (Å²) in [6, 6.07) is 0.295. The van der Waals surface area contributed by atoms with E-state index in [0.717, 1.165) is 66.1 Å². The summed E-state index contributed by atoms with van der Waals surface area (Å²) in [6.45, 7) is 2.65. The molecule has 192 valence electrons. The SMILES string of the molecule is O=C(c1cnn2c1NCCC2C(F)(F)F)N1CCC(c2ccnc3[nH]c(C4CCOCC4)nc23)CC1. The van der Waals surface area contributed by atoms with Crippen molar-refractivity contribution in [1.82, 2.24) is 29.6 Å². The summed E-state index contributed by atoms with van der Waals surface area (Å²) in [7, 11) is 0. The number of hydrogen-bond acceptors (Lipinski definition) is 6. The number of aromatic amines is 1. The predicted octanol–water partition coefficient (Wildman–Crippen LogP) is 3.99. The lowest BCUT2D eigenvalue weighted by Gasteiger charge is -2.33. The van der Waals surface area contributed by atoms with Gasteiger partial charge >= 0.3 is 6.18 Å². The van der Waals surface area contributed by atoms with Crippen LogP contribution in [0.2, 0.25) is 0 Å². The van der Waals surface area contributed by atoms with Crippen LogP contribution in [0.25, 0.3) is 11.2 Å². The third kappa shape index (κ3) is 4.10. The van der Waals surface area contributed by atoms with Gasteiger partial charge in [0, 0.05) is 45.0 Å². The zero-order valence-electron chi connectivity index (χ0n) is 19.7. The lowest BCUT2D eigenvalue weighted by Crippen LogP contribution is -2.39. The maximum atomic E-state index is 13.4. The largest absolute Gasteiger partial charge is 0.410 e. The number of amides is 1. The number of likely N-dealkylation sites (tertiary alicyclic amines) is 1. The molecule has 2 N–H and O–H groups in total. The monoisotopic (exact) mass is 503 g/mol. The fourth-order valence-corrected chi connectivity index (χ4v) is 5.69. The number of anilines is 1. The van der Waals surface area contributed by atoms with Crippen LogP contribution in [0.1, 0.15) is 71.7 Å². The molecule has 1 amide bonds. The molecular weight excluding hydrogens is 475 g/mol. The minimum absolute atomic E-state index is 0.110. The first kappa shape index (κ1) is 23.3. The molecule has 0 aliphatic carbocycles. The number of nitrogens with one attached hydrogen (secondary N) is 2. The molecule has 0 bridgehead atoms. The van der Waals surface area contributed by atoms with E-state index in [-0.39, 0.29) is 36.2 Å². The van der Waals surface area contributed by atoms with Gasteiger partial charge in [0.05, 0.1) is 6.20 Å². The number of H-pyrrole nitrogens is 1. The molecule has 0 saturated carbocycles. The molecule has 0 aromatic carbocycles. The second kappa shape index (κ2) is 9.06. The maximum Gasteiger partial charge on any atom is 0.410 e. The maximum absolute atomic E-state index is 13.4. The van der Waals surface area contributed by atoms with Crippen LogP contribution < -0.4 is 5.32 Å². The highest BCUT2D eigenvalue weighted by Gasteiger charge is 2.45. The summed E-state index contributed by atoms with van der Waals surface area (Å²) in [4.78, 5) is 27.7. The summed E-state index contributed by atoms with van der Waals surface area (Å²) in [5, 5.41) is 6.86. The molecule has 3 aliphatic heterocycles. The number of fused-ring (bicyclic) bond motifs is 2. The van der Waals surface area contributed by atoms with Gasteiger partial charge in [0.1, 0.15) is 22.7 Å². The third-order valence-corrected chi connectivity index (χ3v) is 7.67. The van der Waals surface area contributed by atoms with E-state index in [1.807, 2.05) is 6.07 Å². The number of halogens is 3. The van der Waals surface area contributed by atoms with Gasteiger partial charge in [-0.25, -0.2) is 14.6 Å². The van der Waals surface area contributed by atoms with Gasteiger partial charge in [-0.05, 0) is 49.7 Å². The van der Waals surface area contributed by atoms with E-state index in [0.29, 0.717) is 19.0 Å². The van der Waals surface area contributed by atoms with Crippen LogP contribution in [0.3, 0.4) is 0 Å². The van der Waals surface area contributed by atoms with Crippen LogP contribution in [0, 0.1) is 0 Å². The average molecular weight is 504 g/mol. The summed E-state index contributed by atoms with van der Waals surface area (Å²) < 4.78 is 46.6. The minimum atomic E-state index is -4.41. The molecule has 36 heavy (non-hydrogen) atoms. The second-order valence-corrected chi connectivity index (χ2v) is 9.80. The van der Waals surface area contributed by atoms with Crippen molar-refractivity contribution in [1.29, 1.82) is 0 Å². The van der Waals surface area contributed by atoms with Crippen molar-refractivity contribution in [2.75, 3.05) is 38.2 Å². The number of ether oxygens (including phenoxy) is 1. The van der Waals surface area contributed by atoms with E-state index >= 15 is 0 Å². The second-order valence-electron chi connectivity index (χ2n) is 9.80. The van der Waals surface area contributed by atoms with E-state index in [1.165, 1.54) is 6.20 Å². The van der Waals surface area contributed by atoms with Gasteiger partial charge in [0.2, 0.25) is 0 Å². The Bertz CT molecular complexity index is 1260. The number of piperidine rings is 1. The minimum Gasteiger partial charge on any atom is -0.381 e. The van der Waals surface area contributed by atoms with Crippen LogP contribution in [0.4, 0.5) is 19.0 Å². The van der Waals surface area contributed by atoms with Crippen LogP contribution in [0.15, 0.2) is 18.5 Å². The van der Waals surface area contributed by atoms with Crippen molar-refractivity contribution in [2.45, 2.75) is 56.2 Å². The van der Waals surface area contributed by atoms with Crippen LogP contribution >= 0.6 is 0 Å². The third-order valence-electron chi connectivity index (χ3n) is 7.67. The van der Waals surface area contributed by atoms with Gasteiger partial charge in [-0.1, -0.05) is 0 Å². The molecule has 9 nitrogen and oxygen atoms in total. The topological polar surface area (TPSA) is 101 Å². The van der Waals surface area contributed by atoms with E-state index in [4.69, 9.17) is 9.72 Å². The first-order valence-corrected chi connectivity index (χ1v) is 12.5. The summed E-state index contributed by atoms with van der Waals surface area (Å²) in [6.07, 6.45) is 1.89. The molecule has 3 aromatic heterocycles. The molecule has 6 rings (SSSR count). The summed E-state index contributed by atoms with van der Waals surface area (Å²) in [5.74, 6) is 1.39. The van der Waals surface area contributed by atoms with Crippen molar-refractivity contribution in [3.05, 3.63) is 35.4 Å². The number of hydrogen-bond donors (Lipinski definition) is 2. The van der Waals surface area contributed by atoms with E-state index in [2.05, 4.69) is 20.4 Å². The Hall–Kier alpha value is -3.15. The van der Waals surface area contributed by atoms with Gasteiger partial charge in [-0.2, -0.15) is 18.3 Å². The molecule has 1 unspecified atom stereocenters. The van der Waals surface area contributed by atoms with Gasteiger partial charge in [-0.15, -0.1) is 0 Å². The molecule has 3 aromatic rings. The van der Waals surface area contributed by atoms with Crippen molar-refractivity contribution >= 4 is 22.9 Å². The number of alkyl halides is 3. The van der Waals surface area contributed by atoms with Crippen LogP contribution in [0.5, 0.6) is 0 Å². The van der Waals surface area contributed by atoms with Gasteiger partial charge < -0.3 is 19.9 Å². The standard InChI is InChI=1S/C24H28F3N7O2/c25-24(26,27)18-2-8-29-22-17(13-30-34(18)22)23(35)33-9-3-14(4-10-33)16-1-7-28-21-19(16)31-20(32-21)15-5-11-36-12-6-15/h1,7,13-15,18,29H,2-6,8-12H2,(H,28,31,32). The Kier molecular flexibility index (Phi) is 5.85. The highest BCUT2D eigenvalue weighted by atomic mass is 19.4. The van der Waals surface area contributed by atoms with Gasteiger partial charge in [-0.3, -0.25) is 4.79 Å². The number of imidazole rings is 1. The number of aromatic nitrogens is 5. The molecule has 1 atom stereocenters. The fourth-order valence-electron chi connectivity index (χ4n) is 5.69. The average Bonchev–Trinajstić information content (AvgIpc) is 3.53. The van der Waals surface area contributed by atoms with Crippen molar-refractivity contribution in [3.63, 3.8) is 0 Å². The fraction of sp³-hybridized carbons (Fsp3) is 0.583. The highest BCUT2D eigenvalue weighted by Crippen LogP contribution is 2.39. The molecule has 3 aliphatic rings. The number of carbonyl (C=O) groups excluding carboxylic acids is 1.